The minimum absolute atomic E-state index is 0.146. The van der Waals surface area contributed by atoms with Crippen LogP contribution in [-0.4, -0.2) is 10.5 Å². The Labute approximate surface area is 172 Å². The number of halogens is 1. The lowest BCUT2D eigenvalue weighted by atomic mass is 9.98. The molecule has 5 nitrogen and oxygen atoms in total. The van der Waals surface area contributed by atoms with E-state index < -0.39 is 5.76 Å². The minimum Gasteiger partial charge on any atom is -0.408 e. The van der Waals surface area contributed by atoms with E-state index in [2.05, 4.69) is 5.32 Å². The van der Waals surface area contributed by atoms with Crippen LogP contribution in [0.25, 0.3) is 11.1 Å². The standard InChI is InChI=1S/C23H19ClN2O3/c24-18-11-12-19-20(15-18)29-23(28)26(19)14-13-21(27)25-22(16-7-3-1-4-8-16)17-9-5-2-6-10-17/h1-12,15,22H,13-14H2,(H,25,27). The maximum atomic E-state index is 12.7. The summed E-state index contributed by atoms with van der Waals surface area (Å²) in [5.41, 5.74) is 3.02. The summed E-state index contributed by atoms with van der Waals surface area (Å²) in [4.78, 5) is 24.9. The lowest BCUT2D eigenvalue weighted by Gasteiger charge is -2.20. The van der Waals surface area contributed by atoms with E-state index in [-0.39, 0.29) is 24.9 Å². The Morgan fingerprint density at radius 3 is 2.21 bits per heavy atom. The van der Waals surface area contributed by atoms with E-state index in [1.807, 2.05) is 60.7 Å². The maximum Gasteiger partial charge on any atom is 0.419 e. The van der Waals surface area contributed by atoms with Crippen molar-refractivity contribution < 1.29 is 9.21 Å². The number of oxazole rings is 1. The van der Waals surface area contributed by atoms with Gasteiger partial charge in [0.1, 0.15) is 0 Å². The summed E-state index contributed by atoms with van der Waals surface area (Å²) in [5, 5.41) is 3.57. The number of carbonyl (C=O) groups is 1. The highest BCUT2D eigenvalue weighted by Gasteiger charge is 2.17. The first-order valence-electron chi connectivity index (χ1n) is 9.30. The quantitative estimate of drug-likeness (QED) is 0.511. The average molecular weight is 407 g/mol. The first-order chi connectivity index (χ1) is 14.1. The van der Waals surface area contributed by atoms with Crippen LogP contribution in [0.4, 0.5) is 0 Å². The molecule has 146 valence electrons. The van der Waals surface area contributed by atoms with Crippen molar-refractivity contribution in [1.82, 2.24) is 9.88 Å². The molecular weight excluding hydrogens is 388 g/mol. The number of benzene rings is 3. The van der Waals surface area contributed by atoms with Crippen LogP contribution in [0.5, 0.6) is 0 Å². The molecule has 1 heterocycles. The van der Waals surface area contributed by atoms with Gasteiger partial charge in [-0.05, 0) is 23.3 Å². The third-order valence-electron chi connectivity index (χ3n) is 4.76. The predicted octanol–water partition coefficient (Wildman–Crippen LogP) is 4.54. The average Bonchev–Trinajstić information content (AvgIpc) is 3.05. The van der Waals surface area contributed by atoms with Crippen LogP contribution in [0.3, 0.4) is 0 Å². The molecular formula is C23H19ClN2O3. The Kier molecular flexibility index (Phi) is 5.49. The van der Waals surface area contributed by atoms with E-state index in [0.29, 0.717) is 16.1 Å². The molecule has 0 fully saturated rings. The summed E-state index contributed by atoms with van der Waals surface area (Å²) in [6.07, 6.45) is 0.146. The maximum absolute atomic E-state index is 12.7. The van der Waals surface area contributed by atoms with Crippen molar-refractivity contribution in [2.24, 2.45) is 0 Å². The van der Waals surface area contributed by atoms with Crippen LogP contribution in [0.1, 0.15) is 23.6 Å². The molecule has 0 radical (unpaired) electrons. The van der Waals surface area contributed by atoms with Gasteiger partial charge in [-0.25, -0.2) is 4.79 Å². The number of nitrogens with one attached hydrogen (secondary N) is 1. The fourth-order valence-corrected chi connectivity index (χ4v) is 3.51. The van der Waals surface area contributed by atoms with Crippen molar-refractivity contribution >= 4 is 28.6 Å². The molecule has 6 heteroatoms. The summed E-state index contributed by atoms with van der Waals surface area (Å²) in [7, 11) is 0. The van der Waals surface area contributed by atoms with Crippen molar-refractivity contribution in [2.75, 3.05) is 0 Å². The summed E-state index contributed by atoms with van der Waals surface area (Å²) >= 11 is 5.95. The number of hydrogen-bond donors (Lipinski definition) is 1. The zero-order valence-electron chi connectivity index (χ0n) is 15.5. The van der Waals surface area contributed by atoms with Gasteiger partial charge < -0.3 is 9.73 Å². The SMILES string of the molecule is O=C(CCn1c(=O)oc2cc(Cl)ccc21)NC(c1ccccc1)c1ccccc1. The third-order valence-corrected chi connectivity index (χ3v) is 5.00. The monoisotopic (exact) mass is 406 g/mol. The number of carbonyl (C=O) groups excluding carboxylic acids is 1. The second-order valence-electron chi connectivity index (χ2n) is 6.70. The van der Waals surface area contributed by atoms with Crippen molar-refractivity contribution in [3.05, 3.63) is 106 Å². The molecule has 3 aromatic carbocycles. The molecule has 29 heavy (non-hydrogen) atoms. The number of aryl methyl sites for hydroxylation is 1. The zero-order valence-corrected chi connectivity index (χ0v) is 16.3. The van der Waals surface area contributed by atoms with E-state index in [1.165, 1.54) is 4.57 Å². The predicted molar refractivity (Wildman–Crippen MR) is 113 cm³/mol. The first kappa shape index (κ1) is 19.0. The summed E-state index contributed by atoms with van der Waals surface area (Å²) < 4.78 is 6.67. The van der Waals surface area contributed by atoms with Crippen molar-refractivity contribution in [3.8, 4) is 0 Å². The van der Waals surface area contributed by atoms with E-state index in [4.69, 9.17) is 16.0 Å². The summed E-state index contributed by atoms with van der Waals surface area (Å²) in [5.74, 6) is -0.657. The normalized spacial score (nSPS) is 11.1. The summed E-state index contributed by atoms with van der Waals surface area (Å²) in [6, 6.07) is 24.3. The number of hydrogen-bond acceptors (Lipinski definition) is 3. The zero-order chi connectivity index (χ0) is 20.2. The topological polar surface area (TPSA) is 64.2 Å². The highest BCUT2D eigenvalue weighted by atomic mass is 35.5. The van der Waals surface area contributed by atoms with E-state index in [1.54, 1.807) is 18.2 Å². The van der Waals surface area contributed by atoms with Crippen molar-refractivity contribution in [3.63, 3.8) is 0 Å². The molecule has 0 bridgehead atoms. The van der Waals surface area contributed by atoms with E-state index in [9.17, 15) is 9.59 Å². The lowest BCUT2D eigenvalue weighted by molar-refractivity contribution is -0.121. The van der Waals surface area contributed by atoms with Gasteiger partial charge in [0.05, 0.1) is 11.6 Å². The molecule has 0 spiro atoms. The van der Waals surface area contributed by atoms with Gasteiger partial charge in [0.25, 0.3) is 0 Å². The Morgan fingerprint density at radius 1 is 0.966 bits per heavy atom. The number of nitrogens with zero attached hydrogens (tertiary/aromatic N) is 1. The van der Waals surface area contributed by atoms with Crippen LogP contribution in [0, 0.1) is 0 Å². The number of aromatic nitrogens is 1. The molecule has 0 atom stereocenters. The molecule has 0 saturated carbocycles. The molecule has 0 saturated heterocycles. The number of fused-ring (bicyclic) bond motifs is 1. The molecule has 1 amide bonds. The largest absolute Gasteiger partial charge is 0.419 e. The molecule has 0 aliphatic carbocycles. The van der Waals surface area contributed by atoms with Gasteiger partial charge in [-0.15, -0.1) is 0 Å². The fourth-order valence-electron chi connectivity index (χ4n) is 3.35. The number of rotatable bonds is 6. The first-order valence-corrected chi connectivity index (χ1v) is 9.68. The molecule has 1 N–H and O–H groups in total. The fraction of sp³-hybridized carbons (Fsp3) is 0.130. The highest BCUT2D eigenvalue weighted by Crippen LogP contribution is 2.22. The molecule has 0 aliphatic rings. The molecule has 0 unspecified atom stereocenters. The Hall–Kier alpha value is -3.31. The Bertz CT molecular complexity index is 1140. The Morgan fingerprint density at radius 2 is 1.59 bits per heavy atom. The molecule has 4 rings (SSSR count). The molecule has 1 aromatic heterocycles. The van der Waals surface area contributed by atoms with Crippen LogP contribution in [-0.2, 0) is 11.3 Å². The third kappa shape index (κ3) is 4.25. The molecule has 4 aromatic rings. The van der Waals surface area contributed by atoms with Gasteiger partial charge in [0, 0.05) is 24.1 Å². The van der Waals surface area contributed by atoms with Gasteiger partial charge in [-0.2, -0.15) is 0 Å². The van der Waals surface area contributed by atoms with Crippen molar-refractivity contribution in [1.29, 1.82) is 0 Å². The Balaban J connectivity index is 1.52. The van der Waals surface area contributed by atoms with E-state index >= 15 is 0 Å². The van der Waals surface area contributed by atoms with Gasteiger partial charge in [-0.1, -0.05) is 72.3 Å². The molecule has 0 aliphatic heterocycles. The van der Waals surface area contributed by atoms with Crippen LogP contribution >= 0.6 is 11.6 Å². The minimum atomic E-state index is -0.502. The summed E-state index contributed by atoms with van der Waals surface area (Å²) in [6.45, 7) is 0.218. The smallest absolute Gasteiger partial charge is 0.408 e. The van der Waals surface area contributed by atoms with Crippen molar-refractivity contribution in [2.45, 2.75) is 19.0 Å². The van der Waals surface area contributed by atoms with Gasteiger partial charge in [-0.3, -0.25) is 9.36 Å². The lowest BCUT2D eigenvalue weighted by Crippen LogP contribution is -2.30. The second kappa shape index (κ2) is 8.37. The van der Waals surface area contributed by atoms with Crippen LogP contribution in [0.15, 0.2) is 88.1 Å². The van der Waals surface area contributed by atoms with Gasteiger partial charge in [0.15, 0.2) is 5.58 Å². The van der Waals surface area contributed by atoms with Crippen LogP contribution in [0.2, 0.25) is 5.02 Å². The second-order valence-corrected chi connectivity index (χ2v) is 7.14. The number of amides is 1. The van der Waals surface area contributed by atoms with Crippen LogP contribution < -0.4 is 11.1 Å². The van der Waals surface area contributed by atoms with Gasteiger partial charge in [0.2, 0.25) is 5.91 Å². The highest BCUT2D eigenvalue weighted by molar-refractivity contribution is 6.31. The van der Waals surface area contributed by atoms with E-state index in [0.717, 1.165) is 11.1 Å². The van der Waals surface area contributed by atoms with Gasteiger partial charge >= 0.3 is 5.76 Å².